The first kappa shape index (κ1) is 24.7. The first-order chi connectivity index (χ1) is 17.0. The number of methoxy groups -OCH3 is 2. The summed E-state index contributed by atoms with van der Waals surface area (Å²) in [7, 11) is 3.05. The van der Waals surface area contributed by atoms with E-state index in [0.717, 1.165) is 30.6 Å². The highest BCUT2D eigenvalue weighted by atomic mass is 32.1. The van der Waals surface area contributed by atoms with Gasteiger partial charge in [0, 0.05) is 17.0 Å². The summed E-state index contributed by atoms with van der Waals surface area (Å²) < 4.78 is 24.7. The molecule has 0 spiro atoms. The number of rotatable bonds is 9. The van der Waals surface area contributed by atoms with Crippen LogP contribution in [0.5, 0.6) is 11.5 Å². The summed E-state index contributed by atoms with van der Waals surface area (Å²) in [5.74, 6) is -0.0374. The number of benzene rings is 2. The molecule has 1 heterocycles. The van der Waals surface area contributed by atoms with E-state index in [1.165, 1.54) is 35.5 Å². The Morgan fingerprint density at radius 2 is 1.83 bits per heavy atom. The molecule has 1 aliphatic rings. The van der Waals surface area contributed by atoms with Crippen molar-refractivity contribution in [2.75, 3.05) is 19.1 Å². The van der Waals surface area contributed by atoms with E-state index >= 15 is 0 Å². The van der Waals surface area contributed by atoms with Gasteiger partial charge >= 0.3 is 0 Å². The summed E-state index contributed by atoms with van der Waals surface area (Å²) >= 11 is 1.48. The number of anilines is 1. The number of halogens is 1. The standard InChI is InChI=1S/C27H29FN2O4S/c1-33-21-13-14-23(24(16-21)34-2)30(25(31)17-22-8-5-15-35-22)26(18-9-11-19(28)12-10-18)27(32)29-20-6-3-4-7-20/h5,8-16,20,26H,3-4,6-7,17H2,1-2H3,(H,29,32)/t26-/m0/s1. The predicted octanol–water partition coefficient (Wildman–Crippen LogP) is 5.28. The molecular weight excluding hydrogens is 467 g/mol. The number of carbonyl (C=O) groups is 2. The molecule has 3 aromatic rings. The topological polar surface area (TPSA) is 67.9 Å². The molecule has 1 aromatic heterocycles. The summed E-state index contributed by atoms with van der Waals surface area (Å²) in [5, 5.41) is 5.03. The van der Waals surface area contributed by atoms with Gasteiger partial charge in [-0.15, -0.1) is 11.3 Å². The molecule has 8 heteroatoms. The number of nitrogens with zero attached hydrogens (tertiary/aromatic N) is 1. The maximum Gasteiger partial charge on any atom is 0.248 e. The third-order valence-corrected chi connectivity index (χ3v) is 7.09. The van der Waals surface area contributed by atoms with E-state index in [2.05, 4.69) is 5.32 Å². The Balaban J connectivity index is 1.82. The van der Waals surface area contributed by atoms with Gasteiger partial charge in [0.25, 0.3) is 0 Å². The fourth-order valence-corrected chi connectivity index (χ4v) is 5.16. The minimum absolute atomic E-state index is 0.0532. The number of hydrogen-bond donors (Lipinski definition) is 1. The van der Waals surface area contributed by atoms with E-state index in [1.54, 1.807) is 37.4 Å². The maximum atomic E-state index is 13.8. The number of nitrogens with one attached hydrogen (secondary N) is 1. The molecule has 2 aromatic carbocycles. The summed E-state index contributed by atoms with van der Waals surface area (Å²) in [5.41, 5.74) is 0.949. The number of thiophene rings is 1. The van der Waals surface area contributed by atoms with Crippen LogP contribution in [0.2, 0.25) is 0 Å². The number of ether oxygens (including phenoxy) is 2. The van der Waals surface area contributed by atoms with Gasteiger partial charge in [-0.05, 0) is 54.1 Å². The van der Waals surface area contributed by atoms with Gasteiger partial charge < -0.3 is 14.8 Å². The normalized spacial score (nSPS) is 14.4. The van der Waals surface area contributed by atoms with Crippen molar-refractivity contribution in [2.24, 2.45) is 0 Å². The van der Waals surface area contributed by atoms with Gasteiger partial charge in [0.15, 0.2) is 0 Å². The van der Waals surface area contributed by atoms with Crippen molar-refractivity contribution in [3.05, 3.63) is 76.2 Å². The Labute approximate surface area is 208 Å². The van der Waals surface area contributed by atoms with E-state index in [0.29, 0.717) is 22.7 Å². The van der Waals surface area contributed by atoms with Crippen molar-refractivity contribution < 1.29 is 23.5 Å². The lowest BCUT2D eigenvalue weighted by molar-refractivity contribution is -0.127. The molecule has 1 atom stereocenters. The minimum Gasteiger partial charge on any atom is -0.497 e. The van der Waals surface area contributed by atoms with Crippen LogP contribution in [0.4, 0.5) is 10.1 Å². The quantitative estimate of drug-likeness (QED) is 0.438. The second-order valence-corrected chi connectivity index (χ2v) is 9.53. The largest absolute Gasteiger partial charge is 0.497 e. The van der Waals surface area contributed by atoms with Crippen molar-refractivity contribution in [3.8, 4) is 11.5 Å². The van der Waals surface area contributed by atoms with Crippen molar-refractivity contribution >= 4 is 28.8 Å². The summed E-state index contributed by atoms with van der Waals surface area (Å²) in [6.45, 7) is 0. The van der Waals surface area contributed by atoms with Crippen LogP contribution in [0.3, 0.4) is 0 Å². The van der Waals surface area contributed by atoms with Gasteiger partial charge in [-0.3, -0.25) is 14.5 Å². The third kappa shape index (κ3) is 5.82. The zero-order valence-corrected chi connectivity index (χ0v) is 20.6. The molecule has 0 unspecified atom stereocenters. The molecule has 0 aliphatic heterocycles. The Morgan fingerprint density at radius 3 is 2.46 bits per heavy atom. The van der Waals surface area contributed by atoms with Crippen LogP contribution in [-0.2, 0) is 16.0 Å². The van der Waals surface area contributed by atoms with Crippen LogP contribution in [0, 0.1) is 5.82 Å². The number of carbonyl (C=O) groups excluding carboxylic acids is 2. The van der Waals surface area contributed by atoms with Crippen molar-refractivity contribution in [1.82, 2.24) is 5.32 Å². The van der Waals surface area contributed by atoms with Gasteiger partial charge in [-0.1, -0.05) is 31.0 Å². The second kappa shape index (κ2) is 11.4. The van der Waals surface area contributed by atoms with E-state index in [4.69, 9.17) is 9.47 Å². The highest BCUT2D eigenvalue weighted by Crippen LogP contribution is 2.38. The predicted molar refractivity (Wildman–Crippen MR) is 135 cm³/mol. The molecule has 35 heavy (non-hydrogen) atoms. The highest BCUT2D eigenvalue weighted by molar-refractivity contribution is 7.10. The van der Waals surface area contributed by atoms with Crippen molar-refractivity contribution in [2.45, 2.75) is 44.2 Å². The second-order valence-electron chi connectivity index (χ2n) is 8.50. The smallest absolute Gasteiger partial charge is 0.248 e. The first-order valence-electron chi connectivity index (χ1n) is 11.6. The molecule has 0 saturated heterocycles. The zero-order chi connectivity index (χ0) is 24.8. The Morgan fingerprint density at radius 1 is 1.09 bits per heavy atom. The monoisotopic (exact) mass is 496 g/mol. The SMILES string of the molecule is COc1ccc(N(C(=O)Cc2cccs2)[C@H](C(=O)NC2CCCC2)c2ccc(F)cc2)c(OC)c1. The summed E-state index contributed by atoms with van der Waals surface area (Å²) in [6.07, 6.45) is 4.02. The Kier molecular flexibility index (Phi) is 8.02. The molecule has 2 amide bonds. The average molecular weight is 497 g/mol. The lowest BCUT2D eigenvalue weighted by Gasteiger charge is -2.33. The first-order valence-corrected chi connectivity index (χ1v) is 12.5. The minimum atomic E-state index is -1.01. The van der Waals surface area contributed by atoms with Gasteiger partial charge in [0.05, 0.1) is 26.3 Å². The average Bonchev–Trinajstić information content (AvgIpc) is 3.57. The van der Waals surface area contributed by atoms with Crippen molar-refractivity contribution in [1.29, 1.82) is 0 Å². The summed E-state index contributed by atoms with van der Waals surface area (Å²) in [4.78, 5) is 30.0. The molecule has 0 radical (unpaired) electrons. The van der Waals surface area contributed by atoms with Gasteiger partial charge in [0.1, 0.15) is 23.4 Å². The highest BCUT2D eigenvalue weighted by Gasteiger charge is 2.36. The van der Waals surface area contributed by atoms with Gasteiger partial charge in [-0.2, -0.15) is 0 Å². The molecule has 184 valence electrons. The molecule has 6 nitrogen and oxygen atoms in total. The molecule has 4 rings (SSSR count). The van der Waals surface area contributed by atoms with Crippen LogP contribution in [0.1, 0.15) is 42.2 Å². The van der Waals surface area contributed by atoms with Crippen LogP contribution in [0.15, 0.2) is 60.0 Å². The zero-order valence-electron chi connectivity index (χ0n) is 19.8. The lowest BCUT2D eigenvalue weighted by atomic mass is 10.0. The Bertz CT molecular complexity index is 1140. The van der Waals surface area contributed by atoms with Crippen LogP contribution < -0.4 is 19.7 Å². The van der Waals surface area contributed by atoms with E-state index in [-0.39, 0.29) is 24.3 Å². The van der Waals surface area contributed by atoms with Gasteiger partial charge in [-0.25, -0.2) is 4.39 Å². The molecule has 1 saturated carbocycles. The number of amides is 2. The molecule has 1 fully saturated rings. The molecule has 0 bridgehead atoms. The molecular formula is C27H29FN2O4S. The van der Waals surface area contributed by atoms with E-state index < -0.39 is 11.9 Å². The van der Waals surface area contributed by atoms with Crippen LogP contribution in [0.25, 0.3) is 0 Å². The lowest BCUT2D eigenvalue weighted by Crippen LogP contribution is -2.47. The van der Waals surface area contributed by atoms with Crippen LogP contribution in [-0.4, -0.2) is 32.1 Å². The Hall–Kier alpha value is -3.39. The molecule has 1 N–H and O–H groups in total. The van der Waals surface area contributed by atoms with E-state index in [9.17, 15) is 14.0 Å². The fraction of sp³-hybridized carbons (Fsp3) is 0.333. The van der Waals surface area contributed by atoms with E-state index in [1.807, 2.05) is 17.5 Å². The van der Waals surface area contributed by atoms with Gasteiger partial charge in [0.2, 0.25) is 11.8 Å². The number of hydrogen-bond acceptors (Lipinski definition) is 5. The molecule has 1 aliphatic carbocycles. The fourth-order valence-electron chi connectivity index (χ4n) is 4.46. The maximum absolute atomic E-state index is 13.8. The third-order valence-electron chi connectivity index (χ3n) is 6.21. The van der Waals surface area contributed by atoms with Crippen molar-refractivity contribution in [3.63, 3.8) is 0 Å². The summed E-state index contributed by atoms with van der Waals surface area (Å²) in [6, 6.07) is 13.6. The van der Waals surface area contributed by atoms with Crippen LogP contribution >= 0.6 is 11.3 Å².